The summed E-state index contributed by atoms with van der Waals surface area (Å²) in [7, 11) is 1.82. The van der Waals surface area contributed by atoms with Crippen molar-refractivity contribution in [3.05, 3.63) is 83.4 Å². The van der Waals surface area contributed by atoms with Gasteiger partial charge in [-0.15, -0.1) is 0 Å². The Morgan fingerprint density at radius 2 is 1.77 bits per heavy atom. The number of aryl methyl sites for hydroxylation is 1. The van der Waals surface area contributed by atoms with Gasteiger partial charge in [0.2, 0.25) is 0 Å². The molecule has 2 aromatic heterocycles. The monoisotopic (exact) mass is 344 g/mol. The summed E-state index contributed by atoms with van der Waals surface area (Å²) < 4.78 is 1.67. The summed E-state index contributed by atoms with van der Waals surface area (Å²) >= 11 is 0. The van der Waals surface area contributed by atoms with Crippen molar-refractivity contribution in [2.24, 2.45) is 7.05 Å². The van der Waals surface area contributed by atoms with Crippen molar-refractivity contribution in [1.82, 2.24) is 19.7 Å². The summed E-state index contributed by atoms with van der Waals surface area (Å²) in [5, 5.41) is 4.14. The van der Waals surface area contributed by atoms with E-state index in [1.807, 2.05) is 25.4 Å². The molecule has 6 heteroatoms. The predicted octanol–water partition coefficient (Wildman–Crippen LogP) is 2.54. The van der Waals surface area contributed by atoms with Gasteiger partial charge in [0.1, 0.15) is 0 Å². The molecule has 26 heavy (non-hydrogen) atoms. The molecule has 0 N–H and O–H groups in total. The number of fused-ring (bicyclic) bond motifs is 1. The summed E-state index contributed by atoms with van der Waals surface area (Å²) in [4.78, 5) is 31.4. The quantitative estimate of drug-likeness (QED) is 0.541. The summed E-state index contributed by atoms with van der Waals surface area (Å²) in [6, 6.07) is 12.6. The molecule has 0 bridgehead atoms. The van der Waals surface area contributed by atoms with Crippen LogP contribution in [0.3, 0.4) is 0 Å². The number of amides is 2. The van der Waals surface area contributed by atoms with Crippen molar-refractivity contribution < 1.29 is 9.59 Å². The Morgan fingerprint density at radius 3 is 2.46 bits per heavy atom. The fraction of sp³-hybridized carbons (Fsp3) is 0.100. The Labute approximate surface area is 150 Å². The fourth-order valence-corrected chi connectivity index (χ4v) is 3.02. The van der Waals surface area contributed by atoms with E-state index in [1.54, 1.807) is 53.5 Å². The predicted molar refractivity (Wildman–Crippen MR) is 96.6 cm³/mol. The van der Waals surface area contributed by atoms with Gasteiger partial charge < -0.3 is 0 Å². The van der Waals surface area contributed by atoms with Crippen LogP contribution in [0.4, 0.5) is 0 Å². The number of imide groups is 1. The lowest BCUT2D eigenvalue weighted by molar-refractivity contribution is -0.123. The van der Waals surface area contributed by atoms with Crippen LogP contribution in [0.1, 0.15) is 27.2 Å². The molecule has 1 aromatic carbocycles. The summed E-state index contributed by atoms with van der Waals surface area (Å²) in [5.74, 6) is -0.636. The van der Waals surface area contributed by atoms with Crippen molar-refractivity contribution in [3.63, 3.8) is 0 Å². The van der Waals surface area contributed by atoms with Crippen molar-refractivity contribution in [3.8, 4) is 0 Å². The van der Waals surface area contributed by atoms with E-state index >= 15 is 0 Å². The second-order valence-electron chi connectivity index (χ2n) is 6.07. The van der Waals surface area contributed by atoms with Gasteiger partial charge in [-0.05, 0) is 29.8 Å². The highest BCUT2D eigenvalue weighted by Crippen LogP contribution is 2.31. The molecule has 0 radical (unpaired) electrons. The number of benzene rings is 1. The first-order valence-electron chi connectivity index (χ1n) is 8.19. The molecule has 0 unspecified atom stereocenters. The zero-order valence-corrected chi connectivity index (χ0v) is 14.2. The molecule has 3 heterocycles. The van der Waals surface area contributed by atoms with Gasteiger partial charge >= 0.3 is 0 Å². The zero-order chi connectivity index (χ0) is 18.1. The van der Waals surface area contributed by atoms with Crippen molar-refractivity contribution in [2.75, 3.05) is 0 Å². The summed E-state index contributed by atoms with van der Waals surface area (Å²) in [6.07, 6.45) is 6.92. The molecule has 0 atom stereocenters. The van der Waals surface area contributed by atoms with Gasteiger partial charge in [-0.1, -0.05) is 24.3 Å². The van der Waals surface area contributed by atoms with E-state index in [4.69, 9.17) is 0 Å². The third-order valence-electron chi connectivity index (χ3n) is 4.25. The number of carbonyl (C=O) groups excluding carboxylic acids is 2. The van der Waals surface area contributed by atoms with Crippen LogP contribution in [0.2, 0.25) is 0 Å². The number of aromatic nitrogens is 3. The lowest BCUT2D eigenvalue weighted by atomic mass is 9.92. The van der Waals surface area contributed by atoms with Gasteiger partial charge in [0.05, 0.1) is 18.4 Å². The number of pyridine rings is 1. The van der Waals surface area contributed by atoms with Crippen LogP contribution < -0.4 is 0 Å². The molecule has 6 nitrogen and oxygen atoms in total. The van der Waals surface area contributed by atoms with E-state index in [0.717, 1.165) is 5.56 Å². The van der Waals surface area contributed by atoms with Gasteiger partial charge in [-0.2, -0.15) is 5.10 Å². The molecule has 0 aliphatic carbocycles. The second-order valence-corrected chi connectivity index (χ2v) is 6.07. The number of hydrogen-bond acceptors (Lipinski definition) is 4. The lowest BCUT2D eigenvalue weighted by Crippen LogP contribution is -2.41. The van der Waals surface area contributed by atoms with E-state index in [2.05, 4.69) is 10.1 Å². The van der Waals surface area contributed by atoms with Crippen LogP contribution in [0.15, 0.2) is 61.1 Å². The first-order valence-corrected chi connectivity index (χ1v) is 8.19. The van der Waals surface area contributed by atoms with Crippen LogP contribution in [-0.4, -0.2) is 31.5 Å². The maximum absolute atomic E-state index is 13.1. The summed E-state index contributed by atoms with van der Waals surface area (Å²) in [6.45, 7) is 0.136. The van der Waals surface area contributed by atoms with Crippen LogP contribution in [-0.2, 0) is 18.4 Å². The molecule has 1 aliphatic heterocycles. The van der Waals surface area contributed by atoms with Gasteiger partial charge in [0.25, 0.3) is 11.8 Å². The Balaban J connectivity index is 1.80. The molecule has 3 aromatic rings. The molecule has 1 aliphatic rings. The minimum Gasteiger partial charge on any atom is -0.275 e. The van der Waals surface area contributed by atoms with E-state index < -0.39 is 0 Å². The third kappa shape index (κ3) is 2.82. The molecule has 0 spiro atoms. The number of nitrogens with zero attached hydrogens (tertiary/aromatic N) is 4. The number of rotatable bonds is 3. The fourth-order valence-electron chi connectivity index (χ4n) is 3.02. The van der Waals surface area contributed by atoms with Gasteiger partial charge in [-0.25, -0.2) is 0 Å². The topological polar surface area (TPSA) is 68.1 Å². The molecule has 4 rings (SSSR count). The SMILES string of the molecule is Cn1cc(C=C2C(=O)N(Cc3ccccn3)C(=O)c3ccccc32)cn1. The maximum Gasteiger partial charge on any atom is 0.261 e. The van der Waals surface area contributed by atoms with E-state index in [-0.39, 0.29) is 18.4 Å². The second kappa shape index (κ2) is 6.40. The zero-order valence-electron chi connectivity index (χ0n) is 14.2. The number of carbonyl (C=O) groups is 2. The van der Waals surface area contributed by atoms with Crippen molar-refractivity contribution >= 4 is 23.5 Å². The minimum absolute atomic E-state index is 0.136. The van der Waals surface area contributed by atoms with Crippen molar-refractivity contribution in [1.29, 1.82) is 0 Å². The molecular weight excluding hydrogens is 328 g/mol. The Bertz CT molecular complexity index is 1020. The van der Waals surface area contributed by atoms with Crippen molar-refractivity contribution in [2.45, 2.75) is 6.54 Å². The van der Waals surface area contributed by atoms with Gasteiger partial charge in [0.15, 0.2) is 0 Å². The highest BCUT2D eigenvalue weighted by molar-refractivity contribution is 6.33. The Kier molecular flexibility index (Phi) is 3.93. The van der Waals surface area contributed by atoms with E-state index in [1.165, 1.54) is 4.90 Å². The van der Waals surface area contributed by atoms with Gasteiger partial charge in [-0.3, -0.25) is 24.2 Å². The van der Waals surface area contributed by atoms with Crippen LogP contribution in [0, 0.1) is 0 Å². The smallest absolute Gasteiger partial charge is 0.261 e. The molecule has 0 saturated carbocycles. The molecule has 0 fully saturated rings. The average Bonchev–Trinajstić information content (AvgIpc) is 3.08. The number of hydrogen-bond donors (Lipinski definition) is 0. The normalized spacial score (nSPS) is 15.4. The van der Waals surface area contributed by atoms with Crippen LogP contribution >= 0.6 is 0 Å². The molecule has 128 valence electrons. The highest BCUT2D eigenvalue weighted by Gasteiger charge is 2.34. The van der Waals surface area contributed by atoms with Crippen LogP contribution in [0.25, 0.3) is 11.6 Å². The van der Waals surface area contributed by atoms with Crippen LogP contribution in [0.5, 0.6) is 0 Å². The minimum atomic E-state index is -0.330. The molecule has 0 saturated heterocycles. The Morgan fingerprint density at radius 1 is 1.00 bits per heavy atom. The lowest BCUT2D eigenvalue weighted by Gasteiger charge is -2.28. The standard InChI is InChI=1S/C20H16N4O2/c1-23-12-14(11-22-23)10-18-16-7-2-3-8-17(16)19(25)24(20(18)26)13-15-6-4-5-9-21-15/h2-12H,13H2,1H3. The Hall–Kier alpha value is -3.54. The van der Waals surface area contributed by atoms with Gasteiger partial charge in [0, 0.05) is 36.1 Å². The highest BCUT2D eigenvalue weighted by atomic mass is 16.2. The largest absolute Gasteiger partial charge is 0.275 e. The maximum atomic E-state index is 13.1. The summed E-state index contributed by atoms with van der Waals surface area (Å²) in [5.41, 5.74) is 3.10. The first-order chi connectivity index (χ1) is 12.6. The van der Waals surface area contributed by atoms with E-state index in [0.29, 0.717) is 22.4 Å². The first kappa shape index (κ1) is 16.0. The third-order valence-corrected chi connectivity index (χ3v) is 4.25. The molecule has 2 amide bonds. The molecular formula is C20H16N4O2. The average molecular weight is 344 g/mol. The van der Waals surface area contributed by atoms with E-state index in [9.17, 15) is 9.59 Å².